The summed E-state index contributed by atoms with van der Waals surface area (Å²) in [6.07, 6.45) is 0.213. The molecule has 0 N–H and O–H groups in total. The van der Waals surface area contributed by atoms with Gasteiger partial charge in [-0.2, -0.15) is 0 Å². The number of nitrogens with zero attached hydrogens (tertiary/aromatic N) is 2. The van der Waals surface area contributed by atoms with Crippen LogP contribution in [0.5, 0.6) is 0 Å². The number of fused-ring (bicyclic) bond motifs is 4. The summed E-state index contributed by atoms with van der Waals surface area (Å²) in [5.74, 6) is -1.17. The molecule has 0 aliphatic carbocycles. The van der Waals surface area contributed by atoms with Crippen molar-refractivity contribution >= 4 is 56.3 Å². The summed E-state index contributed by atoms with van der Waals surface area (Å²) < 4.78 is 0.802. The second-order valence-corrected chi connectivity index (χ2v) is 13.0. The van der Waals surface area contributed by atoms with Gasteiger partial charge in [0.15, 0.2) is 0 Å². The highest BCUT2D eigenvalue weighted by atomic mass is 32.9. The summed E-state index contributed by atoms with van der Waals surface area (Å²) in [6.45, 7) is 6.01. The normalized spacial score (nSPS) is 16.2. The minimum atomic E-state index is -1.02. The Morgan fingerprint density at radius 3 is 2.18 bits per heavy atom. The van der Waals surface area contributed by atoms with E-state index in [0.29, 0.717) is 11.1 Å². The first-order chi connectivity index (χ1) is 18.2. The molecule has 38 heavy (non-hydrogen) atoms. The number of carbonyl (C=O) groups excluding carboxylic acids is 3. The van der Waals surface area contributed by atoms with Crippen LogP contribution in [0.3, 0.4) is 0 Å². The van der Waals surface area contributed by atoms with Crippen LogP contribution in [-0.4, -0.2) is 28.7 Å². The Balaban J connectivity index is 1.53. The molecule has 3 aromatic carbocycles. The molecule has 1 atom stereocenters. The fourth-order valence-corrected chi connectivity index (χ4v) is 8.78. The Morgan fingerprint density at radius 2 is 1.53 bits per heavy atom. The fraction of sp³-hybridized carbons (Fsp3) is 0.200. The van der Waals surface area contributed by atoms with Crippen molar-refractivity contribution in [2.24, 2.45) is 0 Å². The molecule has 0 saturated carbocycles. The molecule has 1 aromatic heterocycles. The van der Waals surface area contributed by atoms with Crippen molar-refractivity contribution in [3.05, 3.63) is 104 Å². The van der Waals surface area contributed by atoms with E-state index in [1.807, 2.05) is 69.3 Å². The van der Waals surface area contributed by atoms with E-state index in [2.05, 4.69) is 0 Å². The zero-order chi connectivity index (χ0) is 26.8. The summed E-state index contributed by atoms with van der Waals surface area (Å²) in [6, 6.07) is 21.3. The van der Waals surface area contributed by atoms with Gasteiger partial charge in [0.05, 0.1) is 27.2 Å². The van der Waals surface area contributed by atoms with Gasteiger partial charge in [0.2, 0.25) is 0 Å². The van der Waals surface area contributed by atoms with E-state index in [9.17, 15) is 14.4 Å². The molecule has 0 fully saturated rings. The molecule has 0 saturated heterocycles. The molecule has 0 radical (unpaired) electrons. The summed E-state index contributed by atoms with van der Waals surface area (Å²) in [7, 11) is 3.12. The van der Waals surface area contributed by atoms with Crippen LogP contribution in [0.1, 0.15) is 50.6 Å². The molecule has 0 spiro atoms. The predicted octanol–water partition coefficient (Wildman–Crippen LogP) is 7.00. The monoisotopic (exact) mass is 556 g/mol. The van der Waals surface area contributed by atoms with Crippen molar-refractivity contribution in [3.63, 3.8) is 0 Å². The molecule has 2 aliphatic rings. The molecule has 8 heteroatoms. The number of rotatable bonds is 4. The average molecular weight is 557 g/mol. The van der Waals surface area contributed by atoms with Crippen molar-refractivity contribution in [1.29, 1.82) is 0 Å². The van der Waals surface area contributed by atoms with Gasteiger partial charge in [-0.15, -0.1) is 0 Å². The maximum Gasteiger partial charge on any atom is 0.262 e. The second-order valence-electron chi connectivity index (χ2n) is 10.1. The fourth-order valence-electron chi connectivity index (χ4n) is 5.50. The highest BCUT2D eigenvalue weighted by Crippen LogP contribution is 2.52. The van der Waals surface area contributed by atoms with Crippen molar-refractivity contribution in [2.75, 3.05) is 4.90 Å². The number of anilines is 1. The van der Waals surface area contributed by atoms with Crippen LogP contribution < -0.4 is 4.90 Å². The van der Waals surface area contributed by atoms with Crippen LogP contribution in [-0.2, 0) is 16.8 Å². The van der Waals surface area contributed by atoms with E-state index in [4.69, 9.17) is 12.2 Å². The lowest BCUT2D eigenvalue weighted by Gasteiger charge is -2.45. The molecule has 0 bridgehead atoms. The third-order valence-corrected chi connectivity index (χ3v) is 10.7. The smallest absolute Gasteiger partial charge is 0.262 e. The minimum Gasteiger partial charge on any atom is -0.299 e. The Morgan fingerprint density at radius 1 is 0.895 bits per heavy atom. The molecule has 2 aliphatic heterocycles. The molecule has 4 aromatic rings. The van der Waals surface area contributed by atoms with Gasteiger partial charge in [0.25, 0.3) is 17.7 Å². The van der Waals surface area contributed by atoms with Crippen LogP contribution in [0.2, 0.25) is 0 Å². The lowest BCUT2D eigenvalue weighted by atomic mass is 9.86. The summed E-state index contributed by atoms with van der Waals surface area (Å²) in [5, 5.41) is 0. The highest BCUT2D eigenvalue weighted by molar-refractivity contribution is 7.80. The van der Waals surface area contributed by atoms with Gasteiger partial charge in [0.1, 0.15) is 9.87 Å². The third-order valence-electron chi connectivity index (χ3n) is 7.32. The third kappa shape index (κ3) is 3.70. The van der Waals surface area contributed by atoms with E-state index in [-0.39, 0.29) is 12.3 Å². The maximum absolute atomic E-state index is 14.8. The zero-order valence-electron chi connectivity index (χ0n) is 21.1. The number of imide groups is 1. The van der Waals surface area contributed by atoms with E-state index < -0.39 is 23.4 Å². The molecular formula is C30H24N2O3S3. The second kappa shape index (κ2) is 9.08. The van der Waals surface area contributed by atoms with Crippen molar-refractivity contribution in [1.82, 2.24) is 4.90 Å². The SMILES string of the molecule is Cc1ccc2c(c1)N(C(=O)[C@H](Cc1ccccc1)N1C(=O)c3ccccc3C1=O)C(C)(C)c1ssc(=S)c1-2. The molecule has 0 unspecified atom stereocenters. The zero-order valence-corrected chi connectivity index (χ0v) is 23.5. The van der Waals surface area contributed by atoms with Crippen LogP contribution in [0.15, 0.2) is 72.8 Å². The minimum absolute atomic E-state index is 0.213. The van der Waals surface area contributed by atoms with E-state index >= 15 is 0 Å². The van der Waals surface area contributed by atoms with Gasteiger partial charge >= 0.3 is 0 Å². The topological polar surface area (TPSA) is 57.7 Å². The first kappa shape index (κ1) is 24.9. The van der Waals surface area contributed by atoms with Gasteiger partial charge in [-0.3, -0.25) is 24.2 Å². The number of carbonyl (C=O) groups is 3. The van der Waals surface area contributed by atoms with E-state index in [1.165, 1.54) is 10.3 Å². The van der Waals surface area contributed by atoms with Crippen LogP contribution in [0.4, 0.5) is 5.69 Å². The quantitative estimate of drug-likeness (QED) is 0.154. The summed E-state index contributed by atoms with van der Waals surface area (Å²) in [5.41, 5.74) is 4.45. The molecule has 3 amide bonds. The number of aryl methyl sites for hydroxylation is 1. The molecule has 190 valence electrons. The number of hydrogen-bond donors (Lipinski definition) is 0. The van der Waals surface area contributed by atoms with Crippen LogP contribution >= 0.6 is 32.9 Å². The van der Waals surface area contributed by atoms with Crippen molar-refractivity contribution < 1.29 is 14.4 Å². The summed E-state index contributed by atoms with van der Waals surface area (Å²) in [4.78, 5) is 46.0. The maximum atomic E-state index is 14.8. The van der Waals surface area contributed by atoms with E-state index in [0.717, 1.165) is 41.5 Å². The lowest BCUT2D eigenvalue weighted by molar-refractivity contribution is -0.123. The average Bonchev–Trinajstić information content (AvgIpc) is 3.41. The largest absolute Gasteiger partial charge is 0.299 e. The standard InChI is InChI=1S/C30H24N2O3S3/c1-17-13-14-21-22(15-17)32(30(2,3)25-24(21)29(36)38-37-25)28(35)23(16-18-9-5-4-6-10-18)31-26(33)19-11-7-8-12-20(19)27(31)34/h4-15,23H,16H2,1-3H3/t23-/m0/s1. The molecule has 6 rings (SSSR count). The lowest BCUT2D eigenvalue weighted by Crippen LogP contribution is -2.57. The molecule has 3 heterocycles. The van der Waals surface area contributed by atoms with Crippen molar-refractivity contribution in [3.8, 4) is 11.1 Å². The van der Waals surface area contributed by atoms with Gasteiger partial charge in [0, 0.05) is 17.5 Å². The number of hydrogen-bond acceptors (Lipinski definition) is 6. The first-order valence-corrected chi connectivity index (χ1v) is 14.9. The van der Waals surface area contributed by atoms with Gasteiger partial charge in [-0.05, 0) is 50.1 Å². The van der Waals surface area contributed by atoms with Crippen LogP contribution in [0, 0.1) is 10.7 Å². The molecular weight excluding hydrogens is 533 g/mol. The Kier molecular flexibility index (Phi) is 5.94. The Bertz CT molecular complexity index is 1650. The van der Waals surface area contributed by atoms with Gasteiger partial charge < -0.3 is 0 Å². The Labute approximate surface area is 233 Å². The van der Waals surface area contributed by atoms with Crippen molar-refractivity contribution in [2.45, 2.75) is 38.8 Å². The highest BCUT2D eigenvalue weighted by Gasteiger charge is 2.49. The van der Waals surface area contributed by atoms with Crippen LogP contribution in [0.25, 0.3) is 11.1 Å². The van der Waals surface area contributed by atoms with Gasteiger partial charge in [-0.1, -0.05) is 87.5 Å². The first-order valence-electron chi connectivity index (χ1n) is 12.3. The number of benzene rings is 3. The van der Waals surface area contributed by atoms with Gasteiger partial charge in [-0.25, -0.2) is 0 Å². The molecule has 5 nitrogen and oxygen atoms in total. The predicted molar refractivity (Wildman–Crippen MR) is 155 cm³/mol. The summed E-state index contributed by atoms with van der Waals surface area (Å²) >= 11 is 5.71. The Hall–Kier alpha value is -3.46. The number of amides is 3. The van der Waals surface area contributed by atoms with E-state index in [1.54, 1.807) is 39.5 Å².